The summed E-state index contributed by atoms with van der Waals surface area (Å²) in [4.78, 5) is 18.0. The Morgan fingerprint density at radius 2 is 1.94 bits per heavy atom. The van der Waals surface area contributed by atoms with E-state index >= 15 is 0 Å². The molecule has 5 nitrogen and oxygen atoms in total. The van der Waals surface area contributed by atoms with Gasteiger partial charge in [-0.1, -0.05) is 25.6 Å². The quantitative estimate of drug-likeness (QED) is 0.585. The molecule has 1 aromatic heterocycles. The molecule has 6 heteroatoms. The monoisotopic (exact) mass is 235 g/mol. The molecule has 84 valence electrons. The van der Waals surface area contributed by atoms with Crippen LogP contribution in [-0.2, 0) is 0 Å². The highest BCUT2D eigenvalue weighted by Crippen LogP contribution is 2.02. The van der Waals surface area contributed by atoms with E-state index in [0.29, 0.717) is 5.56 Å². The standard InChI is InChI=1S/C10H13N3O2Si/c1-16(2,3)5-4-8-6-12-10(13-7-8)15-9(11)14/h6-7H,1-3H3,(H2,11,14). The van der Waals surface area contributed by atoms with Gasteiger partial charge in [0.1, 0.15) is 8.07 Å². The number of hydrogen-bond donors (Lipinski definition) is 1. The molecule has 0 saturated heterocycles. The fourth-order valence-corrected chi connectivity index (χ4v) is 1.30. The number of carbonyl (C=O) groups excluding carboxylic acids is 1. The number of ether oxygens (including phenoxy) is 1. The summed E-state index contributed by atoms with van der Waals surface area (Å²) >= 11 is 0. The first-order valence-corrected chi connectivity index (χ1v) is 8.19. The van der Waals surface area contributed by atoms with E-state index < -0.39 is 14.2 Å². The minimum absolute atomic E-state index is 0.0638. The molecule has 0 aliphatic rings. The van der Waals surface area contributed by atoms with Gasteiger partial charge >= 0.3 is 12.1 Å². The van der Waals surface area contributed by atoms with Gasteiger partial charge in [0.05, 0.1) is 5.56 Å². The zero-order valence-electron chi connectivity index (χ0n) is 9.44. The molecule has 0 bridgehead atoms. The van der Waals surface area contributed by atoms with Crippen molar-refractivity contribution in [3.63, 3.8) is 0 Å². The third-order valence-electron chi connectivity index (χ3n) is 1.40. The first kappa shape index (κ1) is 12.2. The maximum atomic E-state index is 10.4. The van der Waals surface area contributed by atoms with E-state index in [2.05, 4.69) is 45.8 Å². The number of nitrogens with two attached hydrogens (primary N) is 1. The second-order valence-electron chi connectivity index (χ2n) is 4.18. The lowest BCUT2D eigenvalue weighted by Crippen LogP contribution is -2.17. The van der Waals surface area contributed by atoms with Crippen molar-refractivity contribution in [3.8, 4) is 17.5 Å². The van der Waals surface area contributed by atoms with Crippen molar-refractivity contribution in [2.45, 2.75) is 19.6 Å². The molecule has 1 rings (SSSR count). The van der Waals surface area contributed by atoms with Crippen molar-refractivity contribution in [1.29, 1.82) is 0 Å². The molecule has 0 unspecified atom stereocenters. The van der Waals surface area contributed by atoms with E-state index in [1.807, 2.05) is 0 Å². The molecule has 0 aliphatic heterocycles. The Bertz CT molecular complexity index is 440. The minimum atomic E-state index is -1.40. The molecule has 0 radical (unpaired) electrons. The largest absolute Gasteiger partial charge is 0.412 e. The zero-order valence-corrected chi connectivity index (χ0v) is 10.4. The van der Waals surface area contributed by atoms with Crippen LogP contribution >= 0.6 is 0 Å². The number of nitrogens with zero attached hydrogens (tertiary/aromatic N) is 2. The number of carbonyl (C=O) groups is 1. The SMILES string of the molecule is C[Si](C)(C)C#Cc1cnc(OC(N)=O)nc1. The van der Waals surface area contributed by atoms with Crippen molar-refractivity contribution in [2.75, 3.05) is 0 Å². The van der Waals surface area contributed by atoms with Gasteiger partial charge < -0.3 is 10.5 Å². The average molecular weight is 235 g/mol. The molecule has 0 atom stereocenters. The summed E-state index contributed by atoms with van der Waals surface area (Å²) in [5.74, 6) is 2.98. The second kappa shape index (κ2) is 4.77. The normalized spacial score (nSPS) is 10.2. The maximum absolute atomic E-state index is 10.4. The predicted octanol–water partition coefficient (Wildman–Crippen LogP) is 1.16. The van der Waals surface area contributed by atoms with E-state index in [9.17, 15) is 4.79 Å². The van der Waals surface area contributed by atoms with Crippen LogP contribution in [0.2, 0.25) is 19.6 Å². The van der Waals surface area contributed by atoms with Gasteiger partial charge in [-0.25, -0.2) is 14.8 Å². The lowest BCUT2D eigenvalue weighted by atomic mass is 10.4. The molecule has 0 spiro atoms. The molecule has 1 heterocycles. The van der Waals surface area contributed by atoms with Crippen molar-refractivity contribution < 1.29 is 9.53 Å². The van der Waals surface area contributed by atoms with E-state index in [4.69, 9.17) is 5.73 Å². The molecule has 1 aromatic rings. The summed E-state index contributed by atoms with van der Waals surface area (Å²) < 4.78 is 4.49. The van der Waals surface area contributed by atoms with Crippen LogP contribution in [-0.4, -0.2) is 24.1 Å². The Labute approximate surface area is 95.1 Å². The summed E-state index contributed by atoms with van der Waals surface area (Å²) in [6, 6.07) is -0.0638. The van der Waals surface area contributed by atoms with Gasteiger partial charge in [-0.2, -0.15) is 0 Å². The Hall–Kier alpha value is -1.87. The van der Waals surface area contributed by atoms with Crippen LogP contribution in [0.3, 0.4) is 0 Å². The fraction of sp³-hybridized carbons (Fsp3) is 0.300. The van der Waals surface area contributed by atoms with Crippen LogP contribution in [0.1, 0.15) is 5.56 Å². The summed E-state index contributed by atoms with van der Waals surface area (Å²) in [7, 11) is -1.40. The molecule has 0 aliphatic carbocycles. The summed E-state index contributed by atoms with van der Waals surface area (Å²) in [5.41, 5.74) is 8.68. The van der Waals surface area contributed by atoms with Crippen molar-refractivity contribution in [3.05, 3.63) is 18.0 Å². The molecule has 0 fully saturated rings. The Kier molecular flexibility index (Phi) is 3.63. The van der Waals surface area contributed by atoms with E-state index in [1.54, 1.807) is 0 Å². The number of hydrogen-bond acceptors (Lipinski definition) is 4. The molecule has 0 aromatic carbocycles. The predicted molar refractivity (Wildman–Crippen MR) is 62.5 cm³/mol. The lowest BCUT2D eigenvalue weighted by molar-refractivity contribution is 0.207. The van der Waals surface area contributed by atoms with E-state index in [0.717, 1.165) is 0 Å². The zero-order chi connectivity index (χ0) is 12.2. The Morgan fingerprint density at radius 1 is 1.38 bits per heavy atom. The Morgan fingerprint density at radius 3 is 2.38 bits per heavy atom. The fourth-order valence-electron chi connectivity index (χ4n) is 0.783. The van der Waals surface area contributed by atoms with Crippen LogP contribution in [0.15, 0.2) is 12.4 Å². The lowest BCUT2D eigenvalue weighted by Gasteiger charge is -2.03. The molecule has 16 heavy (non-hydrogen) atoms. The highest BCUT2D eigenvalue weighted by molar-refractivity contribution is 6.83. The first-order chi connectivity index (χ1) is 7.37. The van der Waals surface area contributed by atoms with Gasteiger partial charge in [0, 0.05) is 12.4 Å². The third-order valence-corrected chi connectivity index (χ3v) is 2.28. The summed E-state index contributed by atoms with van der Waals surface area (Å²) in [5, 5.41) is 0. The first-order valence-electron chi connectivity index (χ1n) is 4.69. The van der Waals surface area contributed by atoms with Crippen LogP contribution in [0.25, 0.3) is 0 Å². The Balaban J connectivity index is 2.78. The van der Waals surface area contributed by atoms with E-state index in [1.165, 1.54) is 12.4 Å². The molecular formula is C10H13N3O2Si. The molecular weight excluding hydrogens is 222 g/mol. The van der Waals surface area contributed by atoms with Crippen LogP contribution in [0, 0.1) is 11.5 Å². The van der Waals surface area contributed by atoms with Crippen molar-refractivity contribution in [2.24, 2.45) is 5.73 Å². The molecule has 1 amide bonds. The van der Waals surface area contributed by atoms with Crippen molar-refractivity contribution in [1.82, 2.24) is 9.97 Å². The van der Waals surface area contributed by atoms with Crippen LogP contribution in [0.4, 0.5) is 4.79 Å². The average Bonchev–Trinajstić information content (AvgIpc) is 2.14. The third kappa shape index (κ3) is 4.57. The summed E-state index contributed by atoms with van der Waals surface area (Å²) in [6.45, 7) is 6.43. The highest BCUT2D eigenvalue weighted by atomic mass is 28.3. The molecule has 2 N–H and O–H groups in total. The maximum Gasteiger partial charge on any atom is 0.412 e. The molecule has 0 saturated carbocycles. The van der Waals surface area contributed by atoms with Gasteiger partial charge in [0.25, 0.3) is 0 Å². The van der Waals surface area contributed by atoms with Crippen LogP contribution < -0.4 is 10.5 Å². The number of aromatic nitrogens is 2. The number of rotatable bonds is 1. The van der Waals surface area contributed by atoms with Crippen molar-refractivity contribution >= 4 is 14.2 Å². The van der Waals surface area contributed by atoms with Gasteiger partial charge in [0.2, 0.25) is 0 Å². The smallest absolute Gasteiger partial charge is 0.374 e. The van der Waals surface area contributed by atoms with Gasteiger partial charge in [-0.05, 0) is 0 Å². The number of primary amides is 1. The van der Waals surface area contributed by atoms with Gasteiger partial charge in [-0.15, -0.1) is 5.54 Å². The van der Waals surface area contributed by atoms with Gasteiger partial charge in [-0.3, -0.25) is 0 Å². The second-order valence-corrected chi connectivity index (χ2v) is 8.93. The highest BCUT2D eigenvalue weighted by Gasteiger charge is 2.07. The van der Waals surface area contributed by atoms with Crippen LogP contribution in [0.5, 0.6) is 6.01 Å². The minimum Gasteiger partial charge on any atom is -0.374 e. The topological polar surface area (TPSA) is 78.1 Å². The van der Waals surface area contributed by atoms with Gasteiger partial charge in [0.15, 0.2) is 0 Å². The number of amides is 1. The summed E-state index contributed by atoms with van der Waals surface area (Å²) in [6.07, 6.45) is 2.07. The van der Waals surface area contributed by atoms with E-state index in [-0.39, 0.29) is 6.01 Å².